The van der Waals surface area contributed by atoms with Gasteiger partial charge in [-0.3, -0.25) is 0 Å². The first-order chi connectivity index (χ1) is 26.7. The van der Waals surface area contributed by atoms with Crippen molar-refractivity contribution < 1.29 is 9.47 Å². The fourth-order valence-electron chi connectivity index (χ4n) is 11.0. The molecule has 0 radical (unpaired) electrons. The third-order valence-electron chi connectivity index (χ3n) is 14.8. The molecule has 3 heterocycles. The van der Waals surface area contributed by atoms with Gasteiger partial charge < -0.3 is 19.3 Å². The number of aryl methyl sites for hydroxylation is 1. The molecular formula is C52H59BN2O2. The molecule has 3 aliphatic heterocycles. The second-order valence-corrected chi connectivity index (χ2v) is 21.6. The molecule has 0 atom stereocenters. The zero-order valence-electron chi connectivity index (χ0n) is 36.3. The van der Waals surface area contributed by atoms with Crippen LogP contribution in [-0.2, 0) is 27.1 Å². The molecule has 0 aromatic heterocycles. The Bertz CT molecular complexity index is 2520. The normalized spacial score (nSPS) is 20.0. The Kier molecular flexibility index (Phi) is 7.55. The molecule has 0 bridgehead atoms. The van der Waals surface area contributed by atoms with Gasteiger partial charge in [-0.1, -0.05) is 100 Å². The predicted molar refractivity (Wildman–Crippen MR) is 241 cm³/mol. The van der Waals surface area contributed by atoms with Crippen LogP contribution >= 0.6 is 0 Å². The molecule has 5 aromatic carbocycles. The number of ether oxygens (including phenoxy) is 2. The maximum Gasteiger partial charge on any atom is 0.252 e. The van der Waals surface area contributed by atoms with Crippen molar-refractivity contribution in [1.82, 2.24) is 0 Å². The molecule has 10 rings (SSSR count). The van der Waals surface area contributed by atoms with Crippen molar-refractivity contribution in [2.45, 2.75) is 136 Å². The summed E-state index contributed by atoms with van der Waals surface area (Å²) >= 11 is 0. The van der Waals surface area contributed by atoms with E-state index in [4.69, 9.17) is 9.47 Å². The summed E-state index contributed by atoms with van der Waals surface area (Å²) in [5.41, 5.74) is 20.3. The maximum absolute atomic E-state index is 6.17. The molecule has 0 fully saturated rings. The summed E-state index contributed by atoms with van der Waals surface area (Å²) in [4.78, 5) is 5.14. The van der Waals surface area contributed by atoms with Gasteiger partial charge in [0.2, 0.25) is 6.79 Å². The van der Waals surface area contributed by atoms with Crippen LogP contribution in [0.15, 0.2) is 78.9 Å². The highest BCUT2D eigenvalue weighted by atomic mass is 16.7. The van der Waals surface area contributed by atoms with Gasteiger partial charge in [0.1, 0.15) is 0 Å². The van der Waals surface area contributed by atoms with Gasteiger partial charge in [0.15, 0.2) is 11.5 Å². The summed E-state index contributed by atoms with van der Waals surface area (Å²) in [6.07, 6.45) is 4.73. The number of anilines is 6. The summed E-state index contributed by atoms with van der Waals surface area (Å²) in [7, 11) is 0. The molecule has 0 spiro atoms. The molecule has 0 unspecified atom stereocenters. The number of hydrogen-bond acceptors (Lipinski definition) is 4. The molecule has 0 amide bonds. The van der Waals surface area contributed by atoms with E-state index >= 15 is 0 Å². The fraction of sp³-hybridized carbons (Fsp3) is 0.423. The summed E-state index contributed by atoms with van der Waals surface area (Å²) in [6.45, 7) is 29.0. The largest absolute Gasteiger partial charge is 0.454 e. The fourth-order valence-corrected chi connectivity index (χ4v) is 11.0. The summed E-state index contributed by atoms with van der Waals surface area (Å²) < 4.78 is 12.3. The Morgan fingerprint density at radius 3 is 1.58 bits per heavy atom. The highest BCUT2D eigenvalue weighted by Crippen LogP contribution is 2.53. The van der Waals surface area contributed by atoms with E-state index in [-0.39, 0.29) is 40.6 Å². The highest BCUT2D eigenvalue weighted by molar-refractivity contribution is 7.00. The summed E-state index contributed by atoms with van der Waals surface area (Å²) in [5, 5.41) is 0. The van der Waals surface area contributed by atoms with Gasteiger partial charge >= 0.3 is 0 Å². The lowest BCUT2D eigenvalue weighted by Gasteiger charge is -2.48. The number of hydrogen-bond donors (Lipinski definition) is 0. The van der Waals surface area contributed by atoms with Gasteiger partial charge in [-0.25, -0.2) is 0 Å². The molecule has 5 aliphatic rings. The lowest BCUT2D eigenvalue weighted by Crippen LogP contribution is -2.61. The summed E-state index contributed by atoms with van der Waals surface area (Å²) in [5.74, 6) is 1.64. The van der Waals surface area contributed by atoms with E-state index in [9.17, 15) is 0 Å². The molecule has 0 N–H and O–H groups in total. The Morgan fingerprint density at radius 2 is 0.982 bits per heavy atom. The van der Waals surface area contributed by atoms with Gasteiger partial charge in [0.25, 0.3) is 6.71 Å². The average Bonchev–Trinajstić information content (AvgIpc) is 3.61. The van der Waals surface area contributed by atoms with Crippen LogP contribution in [0.5, 0.6) is 11.5 Å². The van der Waals surface area contributed by atoms with Crippen LogP contribution in [0.3, 0.4) is 0 Å². The van der Waals surface area contributed by atoms with Gasteiger partial charge in [0, 0.05) is 40.2 Å². The SMILES string of the molecule is Cc1cc2c3c(c1)N(c1ccc4c(c1)C(C)(C)CCC4(C)C)c1cc4c(cc1B3c1cc3c(cc1N2c1ccc(C(C)(C)C)cc1)OCO3)C(C)(C)CCC4(C)C. The Labute approximate surface area is 341 Å². The monoisotopic (exact) mass is 754 g/mol. The van der Waals surface area contributed by atoms with Crippen molar-refractivity contribution >= 4 is 57.2 Å². The van der Waals surface area contributed by atoms with Crippen LogP contribution in [-0.4, -0.2) is 13.5 Å². The van der Waals surface area contributed by atoms with Crippen molar-refractivity contribution in [2.24, 2.45) is 0 Å². The number of rotatable bonds is 2. The van der Waals surface area contributed by atoms with E-state index in [2.05, 4.69) is 172 Å². The molecule has 292 valence electrons. The van der Waals surface area contributed by atoms with Crippen LogP contribution in [0, 0.1) is 6.92 Å². The van der Waals surface area contributed by atoms with Crippen molar-refractivity contribution in [3.63, 3.8) is 0 Å². The van der Waals surface area contributed by atoms with Crippen LogP contribution in [0.1, 0.15) is 135 Å². The first-order valence-corrected chi connectivity index (χ1v) is 21.4. The third-order valence-corrected chi connectivity index (χ3v) is 14.8. The maximum atomic E-state index is 6.17. The van der Waals surface area contributed by atoms with Gasteiger partial charge in [0.05, 0.1) is 0 Å². The van der Waals surface area contributed by atoms with Crippen LogP contribution < -0.4 is 35.7 Å². The van der Waals surface area contributed by atoms with Gasteiger partial charge in [-0.2, -0.15) is 0 Å². The van der Waals surface area contributed by atoms with E-state index in [1.54, 1.807) is 0 Å². The first-order valence-electron chi connectivity index (χ1n) is 21.4. The van der Waals surface area contributed by atoms with E-state index in [0.29, 0.717) is 0 Å². The zero-order valence-corrected chi connectivity index (χ0v) is 36.3. The first kappa shape index (κ1) is 36.7. The van der Waals surface area contributed by atoms with Crippen LogP contribution in [0.4, 0.5) is 34.1 Å². The second kappa shape index (κ2) is 11.7. The van der Waals surface area contributed by atoms with Crippen molar-refractivity contribution in [3.05, 3.63) is 112 Å². The van der Waals surface area contributed by atoms with Gasteiger partial charge in [-0.15, -0.1) is 0 Å². The lowest BCUT2D eigenvalue weighted by molar-refractivity contribution is 0.174. The molecule has 5 heteroatoms. The molecule has 57 heavy (non-hydrogen) atoms. The Balaban J connectivity index is 1.30. The topological polar surface area (TPSA) is 24.9 Å². The second-order valence-electron chi connectivity index (χ2n) is 21.6. The summed E-state index contributed by atoms with van der Waals surface area (Å²) in [6, 6.07) is 31.3. The quantitative estimate of drug-likeness (QED) is 0.164. The van der Waals surface area contributed by atoms with Crippen molar-refractivity contribution in [3.8, 4) is 11.5 Å². The number of benzene rings is 5. The number of fused-ring (bicyclic) bond motifs is 7. The lowest BCUT2D eigenvalue weighted by atomic mass is 9.33. The Hall–Kier alpha value is -4.64. The Morgan fingerprint density at radius 1 is 0.509 bits per heavy atom. The number of nitrogens with zero attached hydrogens (tertiary/aromatic N) is 2. The molecule has 4 nitrogen and oxygen atoms in total. The minimum Gasteiger partial charge on any atom is -0.454 e. The smallest absolute Gasteiger partial charge is 0.252 e. The predicted octanol–water partition coefficient (Wildman–Crippen LogP) is 11.8. The minimum atomic E-state index is 0.00980. The van der Waals surface area contributed by atoms with E-state index < -0.39 is 0 Å². The van der Waals surface area contributed by atoms with Crippen LogP contribution in [0.25, 0.3) is 0 Å². The molecule has 5 aromatic rings. The molecule has 0 saturated carbocycles. The standard InChI is InChI=1S/C52H59BN2O2/c1-31-23-43-47-44(24-31)55(34-17-18-35-36(25-34)50(7,8)20-19-49(35,5)6)41-27-38-37(51(9,10)21-22-52(38,11)12)26-39(41)53(47)40-28-45-46(57-30-56-45)29-42(40)54(43)33-15-13-32(14-16-33)48(2,3)4/h13-18,23-29H,19-22,30H2,1-12H3. The van der Waals surface area contributed by atoms with E-state index in [1.807, 2.05) is 0 Å². The highest BCUT2D eigenvalue weighted by Gasteiger charge is 2.48. The minimum absolute atomic E-state index is 0.00980. The van der Waals surface area contributed by atoms with Crippen LogP contribution in [0.2, 0.25) is 0 Å². The molecule has 2 aliphatic carbocycles. The van der Waals surface area contributed by atoms with E-state index in [0.717, 1.165) is 22.9 Å². The third kappa shape index (κ3) is 5.39. The van der Waals surface area contributed by atoms with Crippen molar-refractivity contribution in [2.75, 3.05) is 16.6 Å². The van der Waals surface area contributed by atoms with Crippen molar-refractivity contribution in [1.29, 1.82) is 0 Å². The van der Waals surface area contributed by atoms with Gasteiger partial charge in [-0.05, 0) is 158 Å². The van der Waals surface area contributed by atoms with E-state index in [1.165, 1.54) is 98.2 Å². The molecule has 0 saturated heterocycles. The molecular weight excluding hydrogens is 695 g/mol. The average molecular weight is 755 g/mol. The zero-order chi connectivity index (χ0) is 40.2.